The van der Waals surface area contributed by atoms with Gasteiger partial charge < -0.3 is 10.2 Å². The summed E-state index contributed by atoms with van der Waals surface area (Å²) in [5, 5.41) is 4.29. The van der Waals surface area contributed by atoms with Gasteiger partial charge in [0.25, 0.3) is 0 Å². The molecule has 7 nitrogen and oxygen atoms in total. The van der Waals surface area contributed by atoms with Crippen molar-refractivity contribution in [3.63, 3.8) is 0 Å². The highest BCUT2D eigenvalue weighted by Gasteiger charge is 2.29. The van der Waals surface area contributed by atoms with Crippen molar-refractivity contribution in [2.45, 2.75) is 71.0 Å². The summed E-state index contributed by atoms with van der Waals surface area (Å²) in [5.41, 5.74) is 1.86. The van der Waals surface area contributed by atoms with Gasteiger partial charge >= 0.3 is 0 Å². The number of rotatable bonds is 11. The summed E-state index contributed by atoms with van der Waals surface area (Å²) in [6.45, 7) is 3.72. The third kappa shape index (κ3) is 8.01. The normalized spacial score (nSPS) is 14.8. The van der Waals surface area contributed by atoms with Gasteiger partial charge in [-0.15, -0.1) is 0 Å². The van der Waals surface area contributed by atoms with E-state index in [0.717, 1.165) is 37.5 Å². The maximum atomic E-state index is 13.5. The molecular formula is C27H34Cl3N3O4S. The predicted octanol–water partition coefficient (Wildman–Crippen LogP) is 5.98. The van der Waals surface area contributed by atoms with Gasteiger partial charge in [-0.05, 0) is 68.5 Å². The van der Waals surface area contributed by atoms with Crippen molar-refractivity contribution >= 4 is 62.3 Å². The van der Waals surface area contributed by atoms with Crippen molar-refractivity contribution < 1.29 is 18.0 Å². The van der Waals surface area contributed by atoms with E-state index >= 15 is 0 Å². The number of sulfonamides is 1. The van der Waals surface area contributed by atoms with E-state index < -0.39 is 16.1 Å². The topological polar surface area (TPSA) is 86.8 Å². The number of amides is 2. The van der Waals surface area contributed by atoms with E-state index in [1.165, 1.54) is 9.21 Å². The van der Waals surface area contributed by atoms with Gasteiger partial charge in [0.05, 0.1) is 22.0 Å². The Labute approximate surface area is 240 Å². The number of nitrogens with one attached hydrogen (secondary N) is 1. The molecule has 0 saturated heterocycles. The first-order chi connectivity index (χ1) is 17.9. The van der Waals surface area contributed by atoms with Gasteiger partial charge in [-0.2, -0.15) is 0 Å². The molecule has 1 aliphatic carbocycles. The second-order valence-corrected chi connectivity index (χ2v) is 12.9. The molecule has 0 spiro atoms. The van der Waals surface area contributed by atoms with Crippen LogP contribution in [0.15, 0.2) is 36.4 Å². The Hall–Kier alpha value is -2.00. The fourth-order valence-electron chi connectivity index (χ4n) is 4.66. The quantitative estimate of drug-likeness (QED) is 0.343. The molecule has 0 aliphatic heterocycles. The molecule has 11 heteroatoms. The molecule has 1 atom stereocenters. The summed E-state index contributed by atoms with van der Waals surface area (Å²) < 4.78 is 26.4. The third-order valence-corrected chi connectivity index (χ3v) is 9.19. The van der Waals surface area contributed by atoms with Crippen molar-refractivity contribution in [2.75, 3.05) is 17.1 Å². The average Bonchev–Trinajstić information content (AvgIpc) is 3.36. The lowest BCUT2D eigenvalue weighted by Crippen LogP contribution is -2.49. The van der Waals surface area contributed by atoms with Crippen molar-refractivity contribution in [1.29, 1.82) is 0 Å². The molecule has 2 aromatic carbocycles. The number of nitrogens with zero attached hydrogens (tertiary/aromatic N) is 2. The number of carbonyl (C=O) groups is 2. The van der Waals surface area contributed by atoms with E-state index in [-0.39, 0.29) is 43.8 Å². The van der Waals surface area contributed by atoms with Gasteiger partial charge in [-0.25, -0.2) is 8.42 Å². The molecule has 1 fully saturated rings. The molecule has 1 N–H and O–H groups in total. The van der Waals surface area contributed by atoms with Gasteiger partial charge in [-0.3, -0.25) is 13.9 Å². The van der Waals surface area contributed by atoms with Gasteiger partial charge in [0.15, 0.2) is 0 Å². The van der Waals surface area contributed by atoms with Crippen LogP contribution >= 0.6 is 34.8 Å². The zero-order valence-corrected chi connectivity index (χ0v) is 24.9. The molecule has 1 saturated carbocycles. The minimum Gasteiger partial charge on any atom is -0.352 e. The van der Waals surface area contributed by atoms with E-state index in [1.54, 1.807) is 50.2 Å². The number of hydrogen-bond donors (Lipinski definition) is 1. The molecule has 0 unspecified atom stereocenters. The molecule has 2 amide bonds. The van der Waals surface area contributed by atoms with Crippen LogP contribution in [0.5, 0.6) is 0 Å². The van der Waals surface area contributed by atoms with E-state index in [9.17, 15) is 18.0 Å². The molecule has 0 bridgehead atoms. The van der Waals surface area contributed by atoms with Crippen LogP contribution < -0.4 is 9.62 Å². The van der Waals surface area contributed by atoms with E-state index in [0.29, 0.717) is 26.3 Å². The summed E-state index contributed by atoms with van der Waals surface area (Å²) in [6, 6.07) is 9.58. The number of anilines is 1. The summed E-state index contributed by atoms with van der Waals surface area (Å²) in [6.07, 6.45) is 5.46. The molecule has 1 aliphatic rings. The molecular weight excluding hydrogens is 569 g/mol. The predicted molar refractivity (Wildman–Crippen MR) is 154 cm³/mol. The minimum atomic E-state index is -3.62. The second kappa shape index (κ2) is 13.4. The molecule has 0 radical (unpaired) electrons. The SMILES string of the molecule is Cc1c(Cl)cccc1N(CCCC(=O)N(Cc1ccc(Cl)c(Cl)c1)[C@@H](C)C(=O)NC1CCCC1)S(C)(=O)=O. The fourth-order valence-corrected chi connectivity index (χ4v) is 6.16. The maximum Gasteiger partial charge on any atom is 0.242 e. The lowest BCUT2D eigenvalue weighted by atomic mass is 10.1. The van der Waals surface area contributed by atoms with E-state index in [1.807, 2.05) is 0 Å². The molecule has 2 aromatic rings. The van der Waals surface area contributed by atoms with E-state index in [2.05, 4.69) is 5.32 Å². The smallest absolute Gasteiger partial charge is 0.242 e. The summed E-state index contributed by atoms with van der Waals surface area (Å²) in [7, 11) is -3.62. The number of halogens is 3. The third-order valence-electron chi connectivity index (χ3n) is 6.87. The molecule has 0 heterocycles. The maximum absolute atomic E-state index is 13.5. The van der Waals surface area contributed by atoms with Crippen LogP contribution in [0.2, 0.25) is 15.1 Å². The Balaban J connectivity index is 1.76. The highest BCUT2D eigenvalue weighted by Crippen LogP contribution is 2.29. The Morgan fingerprint density at radius 1 is 1.05 bits per heavy atom. The van der Waals surface area contributed by atoms with Crippen LogP contribution in [-0.2, 0) is 26.2 Å². The molecule has 0 aromatic heterocycles. The molecule has 38 heavy (non-hydrogen) atoms. The molecule has 3 rings (SSSR count). The number of benzene rings is 2. The Morgan fingerprint density at radius 3 is 2.37 bits per heavy atom. The van der Waals surface area contributed by atoms with Crippen LogP contribution in [-0.4, -0.2) is 50.0 Å². The van der Waals surface area contributed by atoms with Crippen LogP contribution in [0.3, 0.4) is 0 Å². The van der Waals surface area contributed by atoms with Gasteiger partial charge in [-0.1, -0.05) is 59.8 Å². The lowest BCUT2D eigenvalue weighted by molar-refractivity contribution is -0.141. The van der Waals surface area contributed by atoms with Gasteiger partial charge in [0.1, 0.15) is 6.04 Å². The number of carbonyl (C=O) groups excluding carboxylic acids is 2. The zero-order valence-electron chi connectivity index (χ0n) is 21.8. The highest BCUT2D eigenvalue weighted by atomic mass is 35.5. The van der Waals surface area contributed by atoms with Gasteiger partial charge in [0, 0.05) is 30.6 Å². The minimum absolute atomic E-state index is 0.0496. The Morgan fingerprint density at radius 2 is 1.74 bits per heavy atom. The van der Waals surface area contributed by atoms with Crippen LogP contribution in [0.1, 0.15) is 56.6 Å². The summed E-state index contributed by atoms with van der Waals surface area (Å²) >= 11 is 18.5. The van der Waals surface area contributed by atoms with Crippen LogP contribution in [0, 0.1) is 6.92 Å². The Kier molecular flexibility index (Phi) is 10.7. The van der Waals surface area contributed by atoms with Crippen LogP contribution in [0.25, 0.3) is 0 Å². The van der Waals surface area contributed by atoms with Crippen molar-refractivity contribution in [1.82, 2.24) is 10.2 Å². The fraction of sp³-hybridized carbons (Fsp3) is 0.481. The van der Waals surface area contributed by atoms with E-state index in [4.69, 9.17) is 34.8 Å². The summed E-state index contributed by atoms with van der Waals surface area (Å²) in [5.74, 6) is -0.473. The monoisotopic (exact) mass is 601 g/mol. The first-order valence-electron chi connectivity index (χ1n) is 12.6. The number of hydrogen-bond acceptors (Lipinski definition) is 4. The van der Waals surface area contributed by atoms with Crippen molar-refractivity contribution in [3.8, 4) is 0 Å². The average molecular weight is 603 g/mol. The molecule has 208 valence electrons. The van der Waals surface area contributed by atoms with Crippen molar-refractivity contribution in [2.24, 2.45) is 0 Å². The first-order valence-corrected chi connectivity index (χ1v) is 15.6. The van der Waals surface area contributed by atoms with Crippen LogP contribution in [0.4, 0.5) is 5.69 Å². The summed E-state index contributed by atoms with van der Waals surface area (Å²) in [4.78, 5) is 28.1. The second-order valence-electron chi connectivity index (χ2n) is 9.76. The largest absolute Gasteiger partial charge is 0.352 e. The Bertz CT molecular complexity index is 1270. The first kappa shape index (κ1) is 30.5. The standard InChI is InChI=1S/C27H34Cl3N3O4S/c1-18-22(28)10-6-11-25(18)33(38(3,36)37)15-7-12-26(34)32(17-20-13-14-23(29)24(30)16-20)19(2)27(35)31-21-8-4-5-9-21/h6,10-11,13-14,16,19,21H,4-5,7-9,12,15,17H2,1-3H3,(H,31,35)/t19-/m0/s1. The van der Waals surface area contributed by atoms with Crippen molar-refractivity contribution in [3.05, 3.63) is 62.6 Å². The van der Waals surface area contributed by atoms with Gasteiger partial charge in [0.2, 0.25) is 21.8 Å². The highest BCUT2D eigenvalue weighted by molar-refractivity contribution is 7.92. The zero-order chi connectivity index (χ0) is 28.0. The lowest BCUT2D eigenvalue weighted by Gasteiger charge is -2.30.